The summed E-state index contributed by atoms with van der Waals surface area (Å²) in [7, 11) is 0. The van der Waals surface area contributed by atoms with Gasteiger partial charge in [-0.25, -0.2) is 9.67 Å². The highest BCUT2D eigenvalue weighted by Gasteiger charge is 2.23. The summed E-state index contributed by atoms with van der Waals surface area (Å²) >= 11 is 1.26. The van der Waals surface area contributed by atoms with Crippen LogP contribution >= 0.6 is 11.8 Å². The van der Waals surface area contributed by atoms with E-state index in [-0.39, 0.29) is 17.2 Å². The number of fused-ring (bicyclic) bond motifs is 1. The number of hydrogen-bond acceptors (Lipinski definition) is 5. The number of nitrogens with zero attached hydrogens (tertiary/aromatic N) is 4. The van der Waals surface area contributed by atoms with Gasteiger partial charge in [0.05, 0.1) is 17.6 Å². The van der Waals surface area contributed by atoms with Gasteiger partial charge in [0.15, 0.2) is 10.8 Å². The molecule has 1 N–H and O–H groups in total. The number of nitrogens with one attached hydrogen (secondary N) is 1. The first-order valence-corrected chi connectivity index (χ1v) is 12.1. The minimum Gasteiger partial charge on any atom is -0.342 e. The smallest absolute Gasteiger partial charge is 0.262 e. The number of aromatic amines is 1. The van der Waals surface area contributed by atoms with Crippen LogP contribution in [0.25, 0.3) is 16.7 Å². The molecule has 7 nitrogen and oxygen atoms in total. The Morgan fingerprint density at radius 2 is 1.73 bits per heavy atom. The zero-order valence-corrected chi connectivity index (χ0v) is 19.0. The monoisotopic (exact) mass is 459 g/mol. The lowest BCUT2D eigenvalue weighted by Crippen LogP contribution is -2.39. The van der Waals surface area contributed by atoms with Gasteiger partial charge < -0.3 is 9.88 Å². The average Bonchev–Trinajstić information content (AvgIpc) is 3.29. The topological polar surface area (TPSA) is 83.9 Å². The highest BCUT2D eigenvalue weighted by Crippen LogP contribution is 2.23. The van der Waals surface area contributed by atoms with Crippen LogP contribution in [0.1, 0.15) is 18.4 Å². The van der Waals surface area contributed by atoms with Crippen molar-refractivity contribution in [3.63, 3.8) is 0 Å². The Morgan fingerprint density at radius 1 is 1.03 bits per heavy atom. The number of amides is 1. The molecule has 33 heavy (non-hydrogen) atoms. The SMILES string of the molecule is O=C(CSc1nc2c(cnn2-c2ccccc2)c(=O)[nH]1)N1CCC(Cc2ccccc2)CC1. The molecule has 0 atom stereocenters. The Labute approximate surface area is 195 Å². The number of rotatable bonds is 6. The lowest BCUT2D eigenvalue weighted by Gasteiger charge is -2.32. The van der Waals surface area contributed by atoms with E-state index in [4.69, 9.17) is 0 Å². The molecule has 3 heterocycles. The van der Waals surface area contributed by atoms with Gasteiger partial charge in [0, 0.05) is 13.1 Å². The van der Waals surface area contributed by atoms with Crippen molar-refractivity contribution in [1.29, 1.82) is 0 Å². The highest BCUT2D eigenvalue weighted by molar-refractivity contribution is 7.99. The van der Waals surface area contributed by atoms with Crippen LogP contribution in [0.15, 0.2) is 76.8 Å². The molecule has 0 bridgehead atoms. The van der Waals surface area contributed by atoms with Gasteiger partial charge in [0.25, 0.3) is 5.56 Å². The average molecular weight is 460 g/mol. The van der Waals surface area contributed by atoms with Gasteiger partial charge in [-0.05, 0) is 42.9 Å². The first-order valence-electron chi connectivity index (χ1n) is 11.2. The second-order valence-corrected chi connectivity index (χ2v) is 9.27. The van der Waals surface area contributed by atoms with Gasteiger partial charge in [-0.1, -0.05) is 60.3 Å². The molecule has 168 valence electrons. The van der Waals surface area contributed by atoms with Gasteiger partial charge in [0.1, 0.15) is 5.39 Å². The minimum atomic E-state index is -0.251. The molecule has 8 heteroatoms. The highest BCUT2D eigenvalue weighted by atomic mass is 32.2. The predicted molar refractivity (Wildman–Crippen MR) is 130 cm³/mol. The molecule has 0 spiro atoms. The Balaban J connectivity index is 1.21. The van der Waals surface area contributed by atoms with Crippen LogP contribution < -0.4 is 5.56 Å². The van der Waals surface area contributed by atoms with Crippen molar-refractivity contribution in [3.8, 4) is 5.69 Å². The van der Waals surface area contributed by atoms with Crippen molar-refractivity contribution in [3.05, 3.63) is 82.8 Å². The van der Waals surface area contributed by atoms with E-state index in [1.807, 2.05) is 41.3 Å². The molecule has 1 fully saturated rings. The van der Waals surface area contributed by atoms with E-state index >= 15 is 0 Å². The van der Waals surface area contributed by atoms with Crippen LogP contribution in [0.5, 0.6) is 0 Å². The van der Waals surface area contributed by atoms with Crippen LogP contribution in [0.4, 0.5) is 0 Å². The number of aromatic nitrogens is 4. The fourth-order valence-electron chi connectivity index (χ4n) is 4.28. The quantitative estimate of drug-likeness (QED) is 0.351. The maximum Gasteiger partial charge on any atom is 0.262 e. The number of para-hydroxylation sites is 1. The van der Waals surface area contributed by atoms with E-state index in [2.05, 4.69) is 39.3 Å². The van der Waals surface area contributed by atoms with Crippen LogP contribution in [-0.2, 0) is 11.2 Å². The molecule has 0 aliphatic carbocycles. The summed E-state index contributed by atoms with van der Waals surface area (Å²) < 4.78 is 1.65. The molecule has 4 aromatic rings. The zero-order valence-electron chi connectivity index (χ0n) is 18.2. The lowest BCUT2D eigenvalue weighted by atomic mass is 9.90. The fraction of sp³-hybridized carbons (Fsp3) is 0.280. The van der Waals surface area contributed by atoms with Crippen molar-refractivity contribution in [2.45, 2.75) is 24.4 Å². The van der Waals surface area contributed by atoms with Crippen molar-refractivity contribution < 1.29 is 4.79 Å². The third-order valence-corrected chi connectivity index (χ3v) is 6.94. The summed E-state index contributed by atoms with van der Waals surface area (Å²) in [6, 6.07) is 20.1. The molecule has 0 unspecified atom stereocenters. The molecule has 2 aromatic carbocycles. The van der Waals surface area contributed by atoms with E-state index in [0.717, 1.165) is 38.0 Å². The van der Waals surface area contributed by atoms with E-state index in [1.165, 1.54) is 23.5 Å². The van der Waals surface area contributed by atoms with E-state index in [0.29, 0.717) is 22.1 Å². The summed E-state index contributed by atoms with van der Waals surface area (Å²) in [6.07, 6.45) is 4.62. The number of hydrogen-bond donors (Lipinski definition) is 1. The number of carbonyl (C=O) groups excluding carboxylic acids is 1. The molecule has 0 radical (unpaired) electrons. The molecule has 2 aromatic heterocycles. The van der Waals surface area contributed by atoms with Crippen LogP contribution in [0.3, 0.4) is 0 Å². The maximum absolute atomic E-state index is 12.8. The van der Waals surface area contributed by atoms with Crippen LogP contribution in [0.2, 0.25) is 0 Å². The minimum absolute atomic E-state index is 0.0810. The largest absolute Gasteiger partial charge is 0.342 e. The van der Waals surface area contributed by atoms with Gasteiger partial charge in [-0.3, -0.25) is 9.59 Å². The number of benzene rings is 2. The molecule has 1 aliphatic heterocycles. The third-order valence-electron chi connectivity index (χ3n) is 6.08. The van der Waals surface area contributed by atoms with Crippen molar-refractivity contribution in [1.82, 2.24) is 24.6 Å². The third kappa shape index (κ3) is 4.85. The van der Waals surface area contributed by atoms with Gasteiger partial charge in [-0.15, -0.1) is 0 Å². The molecule has 1 saturated heterocycles. The van der Waals surface area contributed by atoms with Gasteiger partial charge >= 0.3 is 0 Å². The summed E-state index contributed by atoms with van der Waals surface area (Å²) in [5, 5.41) is 5.18. The van der Waals surface area contributed by atoms with Crippen LogP contribution in [-0.4, -0.2) is 49.4 Å². The predicted octanol–water partition coefficient (Wildman–Crippen LogP) is 3.68. The lowest BCUT2D eigenvalue weighted by molar-refractivity contribution is -0.129. The number of carbonyl (C=O) groups is 1. The first kappa shape index (κ1) is 21.5. The van der Waals surface area contributed by atoms with E-state index in [1.54, 1.807) is 4.68 Å². The molecule has 1 aliphatic rings. The second kappa shape index (κ2) is 9.62. The molecular weight excluding hydrogens is 434 g/mol. The fourth-order valence-corrected chi connectivity index (χ4v) is 5.04. The summed E-state index contributed by atoms with van der Waals surface area (Å²) in [5.74, 6) is 0.942. The molecular formula is C25H25N5O2S. The van der Waals surface area contributed by atoms with E-state index in [9.17, 15) is 9.59 Å². The zero-order chi connectivity index (χ0) is 22.6. The van der Waals surface area contributed by atoms with Gasteiger partial charge in [0.2, 0.25) is 5.91 Å². The Bertz CT molecular complexity index is 1290. The summed E-state index contributed by atoms with van der Waals surface area (Å²) in [5.41, 5.74) is 2.43. The first-order chi connectivity index (χ1) is 16.2. The van der Waals surface area contributed by atoms with E-state index < -0.39 is 0 Å². The Morgan fingerprint density at radius 3 is 2.45 bits per heavy atom. The summed E-state index contributed by atoms with van der Waals surface area (Å²) in [4.78, 5) is 34.6. The maximum atomic E-state index is 12.8. The summed E-state index contributed by atoms with van der Waals surface area (Å²) in [6.45, 7) is 1.56. The second-order valence-electron chi connectivity index (χ2n) is 8.30. The van der Waals surface area contributed by atoms with Crippen LogP contribution in [0, 0.1) is 5.92 Å². The molecule has 0 saturated carbocycles. The van der Waals surface area contributed by atoms with Crippen molar-refractivity contribution in [2.75, 3.05) is 18.8 Å². The van der Waals surface area contributed by atoms with Gasteiger partial charge in [-0.2, -0.15) is 5.10 Å². The standard InChI is InChI=1S/C25H25N5O2S/c31-22(29-13-11-19(12-14-29)15-18-7-3-1-4-8-18)17-33-25-27-23-21(24(32)28-25)16-26-30(23)20-9-5-2-6-10-20/h1-10,16,19H,11-15,17H2,(H,27,28,32). The normalized spacial score (nSPS) is 14.6. The number of H-pyrrole nitrogens is 1. The molecule has 1 amide bonds. The number of likely N-dealkylation sites (tertiary alicyclic amines) is 1. The Hall–Kier alpha value is -3.39. The number of piperidine rings is 1. The Kier molecular flexibility index (Phi) is 6.26. The van der Waals surface area contributed by atoms with Crippen molar-refractivity contribution >= 4 is 28.7 Å². The number of thioether (sulfide) groups is 1. The van der Waals surface area contributed by atoms with Crippen molar-refractivity contribution in [2.24, 2.45) is 5.92 Å². The molecule has 5 rings (SSSR count).